The van der Waals surface area contributed by atoms with E-state index in [1.807, 2.05) is 12.1 Å². The number of rotatable bonds is 1. The highest BCUT2D eigenvalue weighted by molar-refractivity contribution is 6.40. The third-order valence-corrected chi connectivity index (χ3v) is 3.28. The fourth-order valence-corrected chi connectivity index (χ4v) is 2.19. The second kappa shape index (κ2) is 4.90. The summed E-state index contributed by atoms with van der Waals surface area (Å²) in [6, 6.07) is 3.85. The zero-order valence-corrected chi connectivity index (χ0v) is 12.1. The molecule has 0 unspecified atom stereocenters. The topological polar surface area (TPSA) is 36.8 Å². The molecule has 0 fully saturated rings. The summed E-state index contributed by atoms with van der Waals surface area (Å²) >= 11 is 12.5. The Morgan fingerprint density at radius 1 is 1.17 bits per heavy atom. The van der Waals surface area contributed by atoms with Crippen LogP contribution in [0.25, 0.3) is 0 Å². The zero-order valence-electron chi connectivity index (χ0n) is 10.6. The number of hydrogen-bond donors (Lipinski definition) is 1. The molecule has 1 aromatic rings. The minimum absolute atomic E-state index is 0.00877. The summed E-state index contributed by atoms with van der Waals surface area (Å²) in [4.78, 5) is 8.23. The molecule has 5 heteroatoms. The van der Waals surface area contributed by atoms with Crippen molar-refractivity contribution in [2.24, 2.45) is 9.98 Å². The van der Waals surface area contributed by atoms with Gasteiger partial charge in [0.2, 0.25) is 5.96 Å². The van der Waals surface area contributed by atoms with Gasteiger partial charge in [-0.25, -0.2) is 9.98 Å². The third kappa shape index (κ3) is 2.85. The molecular weight excluding hydrogens is 269 g/mol. The van der Waals surface area contributed by atoms with Gasteiger partial charge < -0.3 is 5.32 Å². The van der Waals surface area contributed by atoms with Crippen LogP contribution in [0.4, 0.5) is 5.69 Å². The molecule has 0 atom stereocenters. The summed E-state index contributed by atoms with van der Waals surface area (Å²) in [5.74, 6) is 0.544. The molecule has 3 nitrogen and oxygen atoms in total. The number of aliphatic imine (C=N–C) groups is 2. The number of hydrogen-bond acceptors (Lipinski definition) is 3. The van der Waals surface area contributed by atoms with Gasteiger partial charge in [-0.05, 0) is 23.1 Å². The Kier molecular flexibility index (Phi) is 3.64. The number of nitrogens with one attached hydrogen (secondary N) is 1. The predicted molar refractivity (Wildman–Crippen MR) is 79.6 cm³/mol. The molecule has 0 saturated carbocycles. The number of benzene rings is 1. The van der Waals surface area contributed by atoms with Gasteiger partial charge in [-0.2, -0.15) is 0 Å². The molecule has 2 rings (SSSR count). The van der Waals surface area contributed by atoms with Gasteiger partial charge in [0.25, 0.3) is 0 Å². The number of guanidine groups is 1. The van der Waals surface area contributed by atoms with Crippen LogP contribution in [0.2, 0.25) is 10.0 Å². The van der Waals surface area contributed by atoms with Crippen LogP contribution in [0.15, 0.2) is 22.1 Å². The van der Waals surface area contributed by atoms with Gasteiger partial charge in [0.1, 0.15) is 0 Å². The largest absolute Gasteiger partial charge is 0.322 e. The fourth-order valence-electron chi connectivity index (χ4n) is 1.60. The lowest BCUT2D eigenvalue weighted by Crippen LogP contribution is -2.13. The van der Waals surface area contributed by atoms with Crippen LogP contribution < -0.4 is 5.32 Å². The van der Waals surface area contributed by atoms with Crippen LogP contribution in [0.1, 0.15) is 26.3 Å². The summed E-state index contributed by atoms with van der Waals surface area (Å²) in [6.45, 7) is 6.95. The van der Waals surface area contributed by atoms with E-state index in [-0.39, 0.29) is 5.41 Å². The Hall–Kier alpha value is -1.06. The molecule has 0 amide bonds. The maximum absolute atomic E-state index is 6.27. The van der Waals surface area contributed by atoms with Crippen molar-refractivity contribution in [3.63, 3.8) is 0 Å². The van der Waals surface area contributed by atoms with Crippen LogP contribution in [0, 0.1) is 0 Å². The average molecular weight is 284 g/mol. The summed E-state index contributed by atoms with van der Waals surface area (Å²) in [5.41, 5.74) is 1.76. The zero-order chi connectivity index (χ0) is 13.3. The van der Waals surface area contributed by atoms with Gasteiger partial charge >= 0.3 is 0 Å². The lowest BCUT2D eigenvalue weighted by Gasteiger charge is -2.21. The molecule has 0 radical (unpaired) electrons. The molecule has 1 aromatic carbocycles. The van der Waals surface area contributed by atoms with Crippen LogP contribution in [0.5, 0.6) is 0 Å². The van der Waals surface area contributed by atoms with Crippen LogP contribution in [-0.2, 0) is 5.41 Å². The standard InChI is InChI=1S/C13H15Cl2N3/c1-13(2,3)8-6-9(14)11(10(15)7-8)18-12-16-4-5-17-12/h4,6-7H,5H2,1-3H3,(H,17,18). The summed E-state index contributed by atoms with van der Waals surface area (Å²) < 4.78 is 0. The molecule has 18 heavy (non-hydrogen) atoms. The second-order valence-electron chi connectivity index (χ2n) is 5.17. The molecule has 96 valence electrons. The predicted octanol–water partition coefficient (Wildman–Crippen LogP) is 4.14. The average Bonchev–Trinajstić information content (AvgIpc) is 2.74. The lowest BCUT2D eigenvalue weighted by atomic mass is 9.87. The van der Waals surface area contributed by atoms with E-state index >= 15 is 0 Å². The molecule has 1 aliphatic heterocycles. The van der Waals surface area contributed by atoms with Crippen LogP contribution in [0.3, 0.4) is 0 Å². The Morgan fingerprint density at radius 2 is 1.78 bits per heavy atom. The first kappa shape index (κ1) is 13.4. The minimum Gasteiger partial charge on any atom is -0.322 e. The normalized spacial score (nSPS) is 14.8. The van der Waals surface area contributed by atoms with E-state index in [1.54, 1.807) is 6.21 Å². The molecular formula is C13H15Cl2N3. The van der Waals surface area contributed by atoms with Crippen molar-refractivity contribution in [2.75, 3.05) is 11.9 Å². The first-order valence-electron chi connectivity index (χ1n) is 5.71. The Morgan fingerprint density at radius 3 is 2.22 bits per heavy atom. The maximum Gasteiger partial charge on any atom is 0.222 e. The Labute approximate surface area is 117 Å². The molecule has 0 aromatic heterocycles. The van der Waals surface area contributed by atoms with Crippen molar-refractivity contribution in [1.82, 2.24) is 0 Å². The first-order valence-corrected chi connectivity index (χ1v) is 6.47. The molecule has 0 saturated heterocycles. The molecule has 0 bridgehead atoms. The van der Waals surface area contributed by atoms with Crippen molar-refractivity contribution in [3.8, 4) is 0 Å². The van der Waals surface area contributed by atoms with Gasteiger partial charge in [0.05, 0.1) is 22.3 Å². The number of anilines is 1. The quantitative estimate of drug-likeness (QED) is 0.826. The van der Waals surface area contributed by atoms with Crippen LogP contribution in [-0.4, -0.2) is 18.7 Å². The molecule has 1 N–H and O–H groups in total. The molecule has 1 aliphatic rings. The number of halogens is 2. The van der Waals surface area contributed by atoms with E-state index in [1.165, 1.54) is 0 Å². The van der Waals surface area contributed by atoms with Gasteiger partial charge in [0.15, 0.2) is 0 Å². The van der Waals surface area contributed by atoms with E-state index in [9.17, 15) is 0 Å². The van der Waals surface area contributed by atoms with Gasteiger partial charge in [-0.15, -0.1) is 0 Å². The Balaban J connectivity index is 2.35. The van der Waals surface area contributed by atoms with E-state index in [0.29, 0.717) is 28.2 Å². The maximum atomic E-state index is 6.27. The summed E-state index contributed by atoms with van der Waals surface area (Å²) in [5, 5.41) is 4.21. The Bertz CT molecular complexity index is 505. The van der Waals surface area contributed by atoms with Crippen molar-refractivity contribution in [2.45, 2.75) is 26.2 Å². The van der Waals surface area contributed by atoms with Gasteiger partial charge in [0, 0.05) is 6.21 Å². The van der Waals surface area contributed by atoms with Gasteiger partial charge in [-0.3, -0.25) is 0 Å². The van der Waals surface area contributed by atoms with Crippen LogP contribution >= 0.6 is 23.2 Å². The highest BCUT2D eigenvalue weighted by atomic mass is 35.5. The van der Waals surface area contributed by atoms with E-state index < -0.39 is 0 Å². The second-order valence-corrected chi connectivity index (χ2v) is 5.98. The summed E-state index contributed by atoms with van der Waals surface area (Å²) in [7, 11) is 0. The van der Waals surface area contributed by atoms with E-state index in [0.717, 1.165) is 5.56 Å². The molecule has 1 heterocycles. The van der Waals surface area contributed by atoms with Gasteiger partial charge in [-0.1, -0.05) is 44.0 Å². The molecule has 0 aliphatic carbocycles. The molecule has 0 spiro atoms. The minimum atomic E-state index is 0.00877. The number of nitrogens with zero attached hydrogens (tertiary/aromatic N) is 2. The fraction of sp³-hybridized carbons (Fsp3) is 0.385. The van der Waals surface area contributed by atoms with E-state index in [4.69, 9.17) is 23.2 Å². The monoisotopic (exact) mass is 283 g/mol. The van der Waals surface area contributed by atoms with Crippen molar-refractivity contribution >= 4 is 41.1 Å². The van der Waals surface area contributed by atoms with Crippen molar-refractivity contribution in [1.29, 1.82) is 0 Å². The SMILES string of the molecule is CC(C)(C)c1cc(Cl)c(NC2=NCC=N2)c(Cl)c1. The van der Waals surface area contributed by atoms with E-state index in [2.05, 4.69) is 36.1 Å². The first-order chi connectivity index (χ1) is 8.38. The third-order valence-electron chi connectivity index (χ3n) is 2.68. The van der Waals surface area contributed by atoms with Crippen molar-refractivity contribution < 1.29 is 0 Å². The summed E-state index contributed by atoms with van der Waals surface area (Å²) in [6.07, 6.45) is 1.73. The smallest absolute Gasteiger partial charge is 0.222 e. The van der Waals surface area contributed by atoms with Crippen molar-refractivity contribution in [3.05, 3.63) is 27.7 Å². The highest BCUT2D eigenvalue weighted by Gasteiger charge is 2.18. The highest BCUT2D eigenvalue weighted by Crippen LogP contribution is 2.36. The lowest BCUT2D eigenvalue weighted by molar-refractivity contribution is 0.590.